The Balaban J connectivity index is 2.27. The van der Waals surface area contributed by atoms with Crippen molar-refractivity contribution in [1.29, 1.82) is 0 Å². The highest BCUT2D eigenvalue weighted by Crippen LogP contribution is 2.28. The molecule has 0 unspecified atom stereocenters. The third-order valence-electron chi connectivity index (χ3n) is 4.17. The number of aryl methyl sites for hydroxylation is 1. The van der Waals surface area contributed by atoms with E-state index in [4.69, 9.17) is 0 Å². The van der Waals surface area contributed by atoms with Gasteiger partial charge in [-0.3, -0.25) is 9.52 Å². The van der Waals surface area contributed by atoms with Gasteiger partial charge in [-0.2, -0.15) is 0 Å². The minimum absolute atomic E-state index is 0.0450. The average Bonchev–Trinajstić information content (AvgIpc) is 2.52. The molecule has 0 saturated carbocycles. The quantitative estimate of drug-likeness (QED) is 0.733. The fourth-order valence-corrected chi connectivity index (χ4v) is 4.52. The van der Waals surface area contributed by atoms with Crippen molar-refractivity contribution in [2.45, 2.75) is 58.4 Å². The first-order valence-electron chi connectivity index (χ1n) is 9.30. The number of benzene rings is 2. The van der Waals surface area contributed by atoms with E-state index in [1.165, 1.54) is 0 Å². The number of carbonyl (C=O) groups is 1. The number of nitrogens with one attached hydrogen (secondary N) is 2. The molecule has 0 aromatic heterocycles. The van der Waals surface area contributed by atoms with E-state index in [1.54, 1.807) is 48.5 Å². The van der Waals surface area contributed by atoms with Crippen molar-refractivity contribution < 1.29 is 13.2 Å². The topological polar surface area (TPSA) is 75.3 Å². The summed E-state index contributed by atoms with van der Waals surface area (Å²) in [4.78, 5) is 13.0. The molecule has 6 heteroatoms. The third-order valence-corrected chi connectivity index (χ3v) is 5.55. The second kappa shape index (κ2) is 7.95. The molecule has 0 saturated heterocycles. The molecule has 0 heterocycles. The van der Waals surface area contributed by atoms with E-state index < -0.39 is 15.6 Å². The Morgan fingerprint density at radius 3 is 2.07 bits per heavy atom. The lowest BCUT2D eigenvalue weighted by atomic mass is 9.81. The van der Waals surface area contributed by atoms with E-state index in [9.17, 15) is 13.2 Å². The standard InChI is InChI=1S/C22H30N2O3S/c1-16-11-13-17(14-12-16)28(26,27)24-19-10-8-7-9-18(19)20(25)23-22(5,6)15-21(2,3)4/h7-14,24H,15H2,1-6H3,(H,23,25). The molecule has 0 atom stereocenters. The van der Waals surface area contributed by atoms with Crippen LogP contribution in [0.4, 0.5) is 5.69 Å². The molecule has 2 aromatic rings. The Hall–Kier alpha value is -2.34. The molecule has 0 spiro atoms. The maximum absolute atomic E-state index is 12.9. The number of carbonyl (C=O) groups excluding carboxylic acids is 1. The van der Waals surface area contributed by atoms with Gasteiger partial charge in [0.2, 0.25) is 0 Å². The van der Waals surface area contributed by atoms with Gasteiger partial charge in [0, 0.05) is 5.54 Å². The van der Waals surface area contributed by atoms with Crippen molar-refractivity contribution >= 4 is 21.6 Å². The van der Waals surface area contributed by atoms with Crippen molar-refractivity contribution in [1.82, 2.24) is 5.32 Å². The minimum atomic E-state index is -3.79. The number of amides is 1. The molecule has 0 radical (unpaired) electrons. The van der Waals surface area contributed by atoms with Crippen molar-refractivity contribution in [3.63, 3.8) is 0 Å². The molecule has 2 aromatic carbocycles. The van der Waals surface area contributed by atoms with Crippen LogP contribution in [0.15, 0.2) is 53.4 Å². The summed E-state index contributed by atoms with van der Waals surface area (Å²) in [5, 5.41) is 3.03. The van der Waals surface area contributed by atoms with Gasteiger partial charge in [-0.25, -0.2) is 8.42 Å². The Kier molecular flexibility index (Phi) is 6.24. The molecule has 0 aliphatic heterocycles. The second-order valence-electron chi connectivity index (χ2n) is 9.04. The van der Waals surface area contributed by atoms with Crippen molar-refractivity contribution in [2.24, 2.45) is 5.41 Å². The van der Waals surface area contributed by atoms with Gasteiger partial charge in [0.25, 0.3) is 15.9 Å². The van der Waals surface area contributed by atoms with Gasteiger partial charge < -0.3 is 5.32 Å². The zero-order chi connectivity index (χ0) is 21.2. The maximum atomic E-state index is 12.9. The first-order valence-corrected chi connectivity index (χ1v) is 10.8. The van der Waals surface area contributed by atoms with Crippen LogP contribution in [0.25, 0.3) is 0 Å². The van der Waals surface area contributed by atoms with Gasteiger partial charge in [-0.15, -0.1) is 0 Å². The first-order chi connectivity index (χ1) is 12.8. The summed E-state index contributed by atoms with van der Waals surface area (Å²) in [6.07, 6.45) is 0.781. The molecule has 0 aliphatic carbocycles. The number of rotatable bonds is 6. The van der Waals surface area contributed by atoms with E-state index in [0.29, 0.717) is 5.56 Å². The largest absolute Gasteiger partial charge is 0.347 e. The molecular weight excluding hydrogens is 372 g/mol. The number of para-hydroxylation sites is 1. The fraction of sp³-hybridized carbons (Fsp3) is 0.409. The zero-order valence-electron chi connectivity index (χ0n) is 17.5. The van der Waals surface area contributed by atoms with Crippen molar-refractivity contribution in [2.75, 3.05) is 4.72 Å². The van der Waals surface area contributed by atoms with E-state index in [0.717, 1.165) is 12.0 Å². The minimum Gasteiger partial charge on any atom is -0.347 e. The first kappa shape index (κ1) is 22.0. The molecule has 152 valence electrons. The van der Waals surface area contributed by atoms with Gasteiger partial charge in [-0.1, -0.05) is 50.6 Å². The van der Waals surface area contributed by atoms with Crippen LogP contribution >= 0.6 is 0 Å². The van der Waals surface area contributed by atoms with Gasteiger partial charge in [-0.05, 0) is 56.9 Å². The lowest BCUT2D eigenvalue weighted by Gasteiger charge is -2.33. The molecule has 0 fully saturated rings. The Bertz CT molecular complexity index is 940. The molecule has 5 nitrogen and oxygen atoms in total. The maximum Gasteiger partial charge on any atom is 0.261 e. The van der Waals surface area contributed by atoms with Crippen LogP contribution in [0.5, 0.6) is 0 Å². The summed E-state index contributed by atoms with van der Waals surface area (Å²) in [6.45, 7) is 12.2. The molecule has 28 heavy (non-hydrogen) atoms. The molecule has 0 bridgehead atoms. The van der Waals surface area contributed by atoms with Crippen molar-refractivity contribution in [3.05, 3.63) is 59.7 Å². The molecule has 1 amide bonds. The zero-order valence-corrected chi connectivity index (χ0v) is 18.3. The number of hydrogen-bond acceptors (Lipinski definition) is 3. The Labute approximate surface area is 168 Å². The van der Waals surface area contributed by atoms with E-state index in [2.05, 4.69) is 30.8 Å². The summed E-state index contributed by atoms with van der Waals surface area (Å²) < 4.78 is 28.0. The van der Waals surface area contributed by atoms with Gasteiger partial charge in [0.1, 0.15) is 0 Å². The monoisotopic (exact) mass is 402 g/mol. The van der Waals surface area contributed by atoms with Crippen molar-refractivity contribution in [3.8, 4) is 0 Å². The summed E-state index contributed by atoms with van der Waals surface area (Å²) in [7, 11) is -3.79. The molecular formula is C22H30N2O3S. The predicted molar refractivity (Wildman–Crippen MR) is 114 cm³/mol. The third kappa shape index (κ3) is 6.09. The Morgan fingerprint density at radius 1 is 0.929 bits per heavy atom. The SMILES string of the molecule is Cc1ccc(S(=O)(=O)Nc2ccccc2C(=O)NC(C)(C)CC(C)(C)C)cc1. The van der Waals surface area contributed by atoms with E-state index >= 15 is 0 Å². The van der Waals surface area contributed by atoms with Gasteiger partial charge in [0.15, 0.2) is 0 Å². The van der Waals surface area contributed by atoms with Crippen LogP contribution in [0.2, 0.25) is 0 Å². The van der Waals surface area contributed by atoms with Crippen LogP contribution in [0.3, 0.4) is 0 Å². The van der Waals surface area contributed by atoms with Gasteiger partial charge >= 0.3 is 0 Å². The number of hydrogen-bond donors (Lipinski definition) is 2. The average molecular weight is 403 g/mol. The second-order valence-corrected chi connectivity index (χ2v) is 10.7. The normalized spacial score (nSPS) is 12.5. The number of anilines is 1. The summed E-state index contributed by atoms with van der Waals surface area (Å²) >= 11 is 0. The van der Waals surface area contributed by atoms with Crippen LogP contribution in [0.1, 0.15) is 57.0 Å². The Morgan fingerprint density at radius 2 is 1.50 bits per heavy atom. The van der Waals surface area contributed by atoms with E-state index in [-0.39, 0.29) is 21.9 Å². The smallest absolute Gasteiger partial charge is 0.261 e. The highest BCUT2D eigenvalue weighted by molar-refractivity contribution is 7.92. The molecule has 0 aliphatic rings. The van der Waals surface area contributed by atoms with Crippen LogP contribution in [0, 0.1) is 12.3 Å². The summed E-state index contributed by atoms with van der Waals surface area (Å²) in [5.74, 6) is -0.309. The van der Waals surface area contributed by atoms with E-state index in [1.807, 2.05) is 20.8 Å². The highest BCUT2D eigenvalue weighted by Gasteiger charge is 2.28. The fourth-order valence-electron chi connectivity index (χ4n) is 3.44. The van der Waals surface area contributed by atoms with Crippen LogP contribution in [-0.2, 0) is 10.0 Å². The van der Waals surface area contributed by atoms with Crippen LogP contribution in [-0.4, -0.2) is 19.9 Å². The predicted octanol–water partition coefficient (Wildman–Crippen LogP) is 4.74. The highest BCUT2D eigenvalue weighted by atomic mass is 32.2. The molecule has 2 rings (SSSR count). The summed E-state index contributed by atoms with van der Waals surface area (Å²) in [5.41, 5.74) is 1.13. The lowest BCUT2D eigenvalue weighted by molar-refractivity contribution is 0.0892. The molecule has 2 N–H and O–H groups in total. The van der Waals surface area contributed by atoms with Gasteiger partial charge in [0.05, 0.1) is 16.1 Å². The number of sulfonamides is 1. The lowest BCUT2D eigenvalue weighted by Crippen LogP contribution is -2.46. The summed E-state index contributed by atoms with van der Waals surface area (Å²) in [6, 6.07) is 13.2. The van der Waals surface area contributed by atoms with Crippen LogP contribution < -0.4 is 10.0 Å².